The first kappa shape index (κ1) is 7.79. The normalized spacial score (nSPS) is 25.1. The van der Waals surface area contributed by atoms with Crippen LogP contribution in [0.1, 0.15) is 29.0 Å². The number of rotatable bonds is 0. The molecular weight excluding hydrogens is 182 g/mol. The van der Waals surface area contributed by atoms with Crippen LogP contribution in [-0.2, 0) is 11.3 Å². The van der Waals surface area contributed by atoms with Crippen molar-refractivity contribution in [1.29, 1.82) is 0 Å². The van der Waals surface area contributed by atoms with Crippen LogP contribution in [0.15, 0.2) is 16.7 Å². The van der Waals surface area contributed by atoms with Crippen molar-refractivity contribution < 1.29 is 14.0 Å². The number of hydrogen-bond acceptors (Lipinski definition) is 3. The molecule has 0 unspecified atom stereocenters. The van der Waals surface area contributed by atoms with E-state index in [0.717, 1.165) is 0 Å². The van der Waals surface area contributed by atoms with E-state index < -0.39 is 0 Å². The van der Waals surface area contributed by atoms with Crippen molar-refractivity contribution in [3.05, 3.63) is 23.7 Å². The maximum Gasteiger partial charge on any atom is 0.223 e. The van der Waals surface area contributed by atoms with Crippen molar-refractivity contribution in [3.63, 3.8) is 0 Å². The third-order valence-electron chi connectivity index (χ3n) is 2.96. The molecule has 4 heteroatoms. The standard InChI is InChI=1S/C10H9NO3/c12-9-2-1-7-10(13)6-3-4-14-8(6)5-11(7)9/h3-4,7H,1-2,5H2/t7-/m1/s1. The molecule has 1 saturated heterocycles. The van der Waals surface area contributed by atoms with Crippen molar-refractivity contribution in [1.82, 2.24) is 4.90 Å². The first-order valence-electron chi connectivity index (χ1n) is 4.67. The van der Waals surface area contributed by atoms with Gasteiger partial charge < -0.3 is 9.32 Å². The molecule has 0 saturated carbocycles. The van der Waals surface area contributed by atoms with Gasteiger partial charge in [-0.2, -0.15) is 0 Å². The Kier molecular flexibility index (Phi) is 1.37. The molecule has 0 aliphatic carbocycles. The molecule has 1 atom stereocenters. The molecule has 0 N–H and O–H groups in total. The molecule has 1 aromatic heterocycles. The third kappa shape index (κ3) is 0.828. The molecule has 0 bridgehead atoms. The summed E-state index contributed by atoms with van der Waals surface area (Å²) in [6.45, 7) is 0.456. The quantitative estimate of drug-likeness (QED) is 0.613. The molecule has 1 fully saturated rings. The van der Waals surface area contributed by atoms with Gasteiger partial charge in [-0.15, -0.1) is 0 Å². The van der Waals surface area contributed by atoms with Gasteiger partial charge in [0.05, 0.1) is 24.4 Å². The van der Waals surface area contributed by atoms with Gasteiger partial charge in [0.15, 0.2) is 5.78 Å². The highest BCUT2D eigenvalue weighted by Gasteiger charge is 2.41. The fourth-order valence-electron chi connectivity index (χ4n) is 2.22. The number of fused-ring (bicyclic) bond motifs is 2. The van der Waals surface area contributed by atoms with Gasteiger partial charge in [0.25, 0.3) is 0 Å². The lowest BCUT2D eigenvalue weighted by Crippen LogP contribution is -2.41. The predicted molar refractivity (Wildman–Crippen MR) is 46.6 cm³/mol. The lowest BCUT2D eigenvalue weighted by Gasteiger charge is -2.27. The van der Waals surface area contributed by atoms with Gasteiger partial charge in [0, 0.05) is 6.42 Å². The van der Waals surface area contributed by atoms with Crippen LogP contribution in [0, 0.1) is 0 Å². The molecule has 72 valence electrons. The number of ketones is 1. The Hall–Kier alpha value is -1.58. The van der Waals surface area contributed by atoms with Gasteiger partial charge in [-0.25, -0.2) is 0 Å². The average molecular weight is 191 g/mol. The molecule has 1 aromatic rings. The van der Waals surface area contributed by atoms with Crippen molar-refractivity contribution in [2.24, 2.45) is 0 Å². The van der Waals surface area contributed by atoms with Crippen molar-refractivity contribution in [2.45, 2.75) is 25.4 Å². The largest absolute Gasteiger partial charge is 0.467 e. The molecular formula is C10H9NO3. The van der Waals surface area contributed by atoms with E-state index in [2.05, 4.69) is 0 Å². The van der Waals surface area contributed by atoms with E-state index in [4.69, 9.17) is 4.42 Å². The van der Waals surface area contributed by atoms with E-state index in [1.165, 1.54) is 6.26 Å². The highest BCUT2D eigenvalue weighted by Crippen LogP contribution is 2.31. The summed E-state index contributed by atoms with van der Waals surface area (Å²) in [6, 6.07) is 1.46. The highest BCUT2D eigenvalue weighted by atomic mass is 16.3. The molecule has 0 spiro atoms. The second-order valence-corrected chi connectivity index (χ2v) is 3.70. The number of amides is 1. The van der Waals surface area contributed by atoms with Crippen LogP contribution in [0.4, 0.5) is 0 Å². The fraction of sp³-hybridized carbons (Fsp3) is 0.400. The first-order valence-corrected chi connectivity index (χ1v) is 4.67. The molecule has 3 rings (SSSR count). The van der Waals surface area contributed by atoms with E-state index in [-0.39, 0.29) is 17.7 Å². The maximum absolute atomic E-state index is 11.9. The van der Waals surface area contributed by atoms with Crippen LogP contribution in [0.5, 0.6) is 0 Å². The number of nitrogens with zero attached hydrogens (tertiary/aromatic N) is 1. The minimum atomic E-state index is -0.229. The Morgan fingerprint density at radius 3 is 3.14 bits per heavy atom. The summed E-state index contributed by atoms with van der Waals surface area (Å²) in [5, 5.41) is 0. The molecule has 3 heterocycles. The highest BCUT2D eigenvalue weighted by molar-refractivity contribution is 6.05. The van der Waals surface area contributed by atoms with E-state index in [1.807, 2.05) is 0 Å². The zero-order valence-corrected chi connectivity index (χ0v) is 7.53. The fourth-order valence-corrected chi connectivity index (χ4v) is 2.22. The summed E-state index contributed by atoms with van der Waals surface area (Å²) >= 11 is 0. The zero-order valence-electron chi connectivity index (χ0n) is 7.53. The lowest BCUT2D eigenvalue weighted by atomic mass is 9.99. The van der Waals surface area contributed by atoms with Gasteiger partial charge in [0.1, 0.15) is 5.76 Å². The van der Waals surface area contributed by atoms with Crippen LogP contribution in [-0.4, -0.2) is 22.6 Å². The molecule has 0 aromatic carbocycles. The van der Waals surface area contributed by atoms with Crippen LogP contribution >= 0.6 is 0 Å². The van der Waals surface area contributed by atoms with E-state index in [0.29, 0.717) is 30.7 Å². The summed E-state index contributed by atoms with van der Waals surface area (Å²) in [5.74, 6) is 0.720. The van der Waals surface area contributed by atoms with Gasteiger partial charge >= 0.3 is 0 Å². The molecule has 2 aliphatic rings. The number of hydrogen-bond donors (Lipinski definition) is 0. The van der Waals surface area contributed by atoms with Crippen molar-refractivity contribution >= 4 is 11.7 Å². The first-order chi connectivity index (χ1) is 6.77. The van der Waals surface area contributed by atoms with E-state index in [1.54, 1.807) is 11.0 Å². The summed E-state index contributed by atoms with van der Waals surface area (Å²) in [6.07, 6.45) is 2.65. The van der Waals surface area contributed by atoms with Gasteiger partial charge in [-0.1, -0.05) is 0 Å². The second kappa shape index (κ2) is 2.47. The third-order valence-corrected chi connectivity index (χ3v) is 2.96. The summed E-state index contributed by atoms with van der Waals surface area (Å²) in [7, 11) is 0. The Morgan fingerprint density at radius 2 is 2.29 bits per heavy atom. The van der Waals surface area contributed by atoms with E-state index in [9.17, 15) is 9.59 Å². The Labute approximate surface area is 80.5 Å². The number of Topliss-reactive ketones (excluding diaryl/α,β-unsaturated/α-hetero) is 1. The van der Waals surface area contributed by atoms with Crippen LogP contribution < -0.4 is 0 Å². The zero-order chi connectivity index (χ0) is 9.71. The Balaban J connectivity index is 2.09. The minimum absolute atomic E-state index is 0.0332. The van der Waals surface area contributed by atoms with Gasteiger partial charge in [-0.05, 0) is 12.5 Å². The number of furan rings is 1. The Bertz CT molecular complexity index is 421. The Morgan fingerprint density at radius 1 is 1.43 bits per heavy atom. The van der Waals surface area contributed by atoms with Crippen LogP contribution in [0.3, 0.4) is 0 Å². The molecule has 0 radical (unpaired) electrons. The second-order valence-electron chi connectivity index (χ2n) is 3.70. The molecule has 2 aliphatic heterocycles. The lowest BCUT2D eigenvalue weighted by molar-refractivity contribution is -0.129. The monoisotopic (exact) mass is 191 g/mol. The van der Waals surface area contributed by atoms with Crippen LogP contribution in [0.25, 0.3) is 0 Å². The summed E-state index contributed by atoms with van der Waals surface area (Å²) < 4.78 is 5.17. The van der Waals surface area contributed by atoms with E-state index >= 15 is 0 Å². The smallest absolute Gasteiger partial charge is 0.223 e. The average Bonchev–Trinajstić information content (AvgIpc) is 2.75. The number of carbonyl (C=O) groups excluding carboxylic acids is 2. The molecule has 4 nitrogen and oxygen atoms in total. The molecule has 14 heavy (non-hydrogen) atoms. The van der Waals surface area contributed by atoms with Crippen molar-refractivity contribution in [2.75, 3.05) is 0 Å². The summed E-state index contributed by atoms with van der Waals surface area (Å²) in [5.41, 5.74) is 0.654. The molecule has 1 amide bonds. The number of carbonyl (C=O) groups is 2. The predicted octanol–water partition coefficient (Wildman–Crippen LogP) is 0.967. The van der Waals surface area contributed by atoms with Gasteiger partial charge in [0.2, 0.25) is 5.91 Å². The van der Waals surface area contributed by atoms with Crippen LogP contribution in [0.2, 0.25) is 0 Å². The summed E-state index contributed by atoms with van der Waals surface area (Å²) in [4.78, 5) is 24.9. The van der Waals surface area contributed by atoms with Gasteiger partial charge in [-0.3, -0.25) is 9.59 Å². The SMILES string of the molecule is O=C1c2ccoc2CN2C(=O)CC[C@H]12. The topological polar surface area (TPSA) is 50.5 Å². The van der Waals surface area contributed by atoms with Crippen molar-refractivity contribution in [3.8, 4) is 0 Å². The minimum Gasteiger partial charge on any atom is -0.467 e. The maximum atomic E-state index is 11.9.